The fourth-order valence-corrected chi connectivity index (χ4v) is 2.86. The van der Waals surface area contributed by atoms with Gasteiger partial charge >= 0.3 is 18.3 Å². The molecule has 7 nitrogen and oxygen atoms in total. The van der Waals surface area contributed by atoms with Gasteiger partial charge in [-0.1, -0.05) is 12.6 Å². The lowest BCUT2D eigenvalue weighted by molar-refractivity contribution is -0.274. The third-order valence-electron chi connectivity index (χ3n) is 4.17. The molecule has 10 heteroatoms. The Hall–Kier alpha value is -2.75. The van der Waals surface area contributed by atoms with Crippen molar-refractivity contribution in [1.29, 1.82) is 0 Å². The van der Waals surface area contributed by atoms with Crippen molar-refractivity contribution in [2.75, 3.05) is 13.2 Å². The molecule has 160 valence electrons. The highest BCUT2D eigenvalue weighted by Gasteiger charge is 2.33. The molecule has 1 aromatic rings. The first-order valence-electron chi connectivity index (χ1n) is 8.81. The number of halogens is 3. The number of aliphatic hydroxyl groups excluding tert-OH is 1. The second-order valence-electron chi connectivity index (χ2n) is 6.42. The van der Waals surface area contributed by atoms with E-state index in [1.165, 1.54) is 12.1 Å². The average Bonchev–Trinajstić information content (AvgIpc) is 2.65. The van der Waals surface area contributed by atoms with Gasteiger partial charge in [0.05, 0.1) is 12.7 Å². The van der Waals surface area contributed by atoms with Crippen LogP contribution in [-0.2, 0) is 19.1 Å². The minimum Gasteiger partial charge on any atom is -0.482 e. The number of hydrogen-bond donors (Lipinski definition) is 1. The second kappa shape index (κ2) is 10.1. The first-order valence-corrected chi connectivity index (χ1v) is 8.81. The summed E-state index contributed by atoms with van der Waals surface area (Å²) in [5.41, 5.74) is 0. The largest absolute Gasteiger partial charge is 0.573 e. The topological polar surface area (TPSA) is 91.3 Å². The van der Waals surface area contributed by atoms with Gasteiger partial charge in [-0.2, -0.15) is 0 Å². The summed E-state index contributed by atoms with van der Waals surface area (Å²) in [4.78, 5) is 23.0. The van der Waals surface area contributed by atoms with E-state index in [0.717, 1.165) is 18.2 Å². The lowest BCUT2D eigenvalue weighted by Crippen LogP contribution is -2.39. The van der Waals surface area contributed by atoms with Gasteiger partial charge < -0.3 is 24.1 Å². The zero-order chi connectivity index (χ0) is 21.4. The van der Waals surface area contributed by atoms with Crippen molar-refractivity contribution in [2.45, 2.75) is 37.8 Å². The fourth-order valence-electron chi connectivity index (χ4n) is 2.86. The van der Waals surface area contributed by atoms with Crippen molar-refractivity contribution >= 4 is 11.9 Å². The van der Waals surface area contributed by atoms with Crippen molar-refractivity contribution in [3.05, 3.63) is 36.9 Å². The third-order valence-corrected chi connectivity index (χ3v) is 4.17. The highest BCUT2D eigenvalue weighted by Crippen LogP contribution is 2.28. The SMILES string of the molecule is C=CC(=O)OCC1CCC(OC(=O)COc2cccc(OC(F)(F)F)c2)C(O)C1. The molecule has 29 heavy (non-hydrogen) atoms. The Morgan fingerprint density at radius 3 is 2.62 bits per heavy atom. The van der Waals surface area contributed by atoms with Crippen LogP contribution in [0.3, 0.4) is 0 Å². The molecule has 0 bridgehead atoms. The Kier molecular flexibility index (Phi) is 7.89. The van der Waals surface area contributed by atoms with Crippen LogP contribution in [0.25, 0.3) is 0 Å². The highest BCUT2D eigenvalue weighted by atomic mass is 19.4. The van der Waals surface area contributed by atoms with Crippen molar-refractivity contribution in [1.82, 2.24) is 0 Å². The van der Waals surface area contributed by atoms with Crippen molar-refractivity contribution in [3.63, 3.8) is 0 Å². The Morgan fingerprint density at radius 2 is 1.97 bits per heavy atom. The summed E-state index contributed by atoms with van der Waals surface area (Å²) >= 11 is 0. The Labute approximate surface area is 165 Å². The van der Waals surface area contributed by atoms with Crippen LogP contribution in [0.5, 0.6) is 11.5 Å². The number of rotatable bonds is 8. The molecule has 0 heterocycles. The van der Waals surface area contributed by atoms with Crippen LogP contribution in [0.15, 0.2) is 36.9 Å². The maximum atomic E-state index is 12.2. The van der Waals surface area contributed by atoms with E-state index < -0.39 is 42.9 Å². The zero-order valence-corrected chi connectivity index (χ0v) is 15.4. The van der Waals surface area contributed by atoms with Gasteiger partial charge in [-0.3, -0.25) is 0 Å². The Morgan fingerprint density at radius 1 is 1.24 bits per heavy atom. The predicted octanol–water partition coefficient (Wildman–Crippen LogP) is 2.77. The van der Waals surface area contributed by atoms with E-state index in [0.29, 0.717) is 19.3 Å². The molecule has 0 amide bonds. The summed E-state index contributed by atoms with van der Waals surface area (Å²) < 4.78 is 55.7. The number of hydrogen-bond acceptors (Lipinski definition) is 7. The molecule has 1 saturated carbocycles. The molecule has 0 radical (unpaired) electrons. The molecular formula is C19H21F3O7. The van der Waals surface area contributed by atoms with Crippen LogP contribution in [0.2, 0.25) is 0 Å². The molecule has 2 rings (SSSR count). The number of benzene rings is 1. The van der Waals surface area contributed by atoms with Gasteiger partial charge in [0, 0.05) is 12.1 Å². The van der Waals surface area contributed by atoms with Gasteiger partial charge in [-0.15, -0.1) is 13.2 Å². The van der Waals surface area contributed by atoms with Crippen LogP contribution in [0.1, 0.15) is 19.3 Å². The molecule has 0 spiro atoms. The molecule has 1 aromatic carbocycles. The smallest absolute Gasteiger partial charge is 0.482 e. The molecule has 1 aliphatic rings. The van der Waals surface area contributed by atoms with E-state index in [9.17, 15) is 27.9 Å². The minimum atomic E-state index is -4.84. The quantitative estimate of drug-likeness (QED) is 0.513. The Bertz CT molecular complexity index is 720. The fraction of sp³-hybridized carbons (Fsp3) is 0.474. The Balaban J connectivity index is 1.76. The van der Waals surface area contributed by atoms with Crippen LogP contribution < -0.4 is 9.47 Å². The molecule has 1 aliphatic carbocycles. The lowest BCUT2D eigenvalue weighted by Gasteiger charge is -2.32. The molecule has 0 saturated heterocycles. The van der Waals surface area contributed by atoms with Gasteiger partial charge in [0.2, 0.25) is 0 Å². The van der Waals surface area contributed by atoms with Crippen LogP contribution in [-0.4, -0.2) is 48.8 Å². The maximum Gasteiger partial charge on any atom is 0.573 e. The standard InChI is InChI=1S/C19H21F3O7/c1-2-17(24)27-10-12-6-7-16(15(23)8-12)28-18(25)11-26-13-4-3-5-14(9-13)29-19(20,21)22/h2-5,9,12,15-16,23H,1,6-8,10-11H2. The minimum absolute atomic E-state index is 0.00279. The molecule has 1 fully saturated rings. The van der Waals surface area contributed by atoms with Gasteiger partial charge in [0.15, 0.2) is 6.61 Å². The maximum absolute atomic E-state index is 12.2. The molecule has 1 N–H and O–H groups in total. The van der Waals surface area contributed by atoms with E-state index in [1.54, 1.807) is 0 Å². The lowest BCUT2D eigenvalue weighted by atomic mass is 9.86. The normalized spacial score (nSPS) is 21.7. The molecule has 0 aliphatic heterocycles. The number of carbonyl (C=O) groups excluding carboxylic acids is 2. The molecular weight excluding hydrogens is 397 g/mol. The van der Waals surface area contributed by atoms with Crippen molar-refractivity contribution < 1.29 is 46.8 Å². The summed E-state index contributed by atoms with van der Waals surface area (Å²) in [5.74, 6) is -1.86. The van der Waals surface area contributed by atoms with Crippen LogP contribution in [0.4, 0.5) is 13.2 Å². The van der Waals surface area contributed by atoms with E-state index in [4.69, 9.17) is 14.2 Å². The number of esters is 2. The first-order chi connectivity index (χ1) is 13.7. The number of carbonyl (C=O) groups is 2. The summed E-state index contributed by atoms with van der Waals surface area (Å²) in [5, 5.41) is 10.1. The van der Waals surface area contributed by atoms with Gasteiger partial charge in [0.1, 0.15) is 17.6 Å². The average molecular weight is 418 g/mol. The van der Waals surface area contributed by atoms with E-state index in [2.05, 4.69) is 11.3 Å². The summed E-state index contributed by atoms with van der Waals surface area (Å²) in [6, 6.07) is 4.73. The van der Waals surface area contributed by atoms with E-state index in [-0.39, 0.29) is 18.3 Å². The molecule has 3 unspecified atom stereocenters. The van der Waals surface area contributed by atoms with Crippen LogP contribution in [0, 0.1) is 5.92 Å². The zero-order valence-electron chi connectivity index (χ0n) is 15.4. The van der Waals surface area contributed by atoms with E-state index >= 15 is 0 Å². The van der Waals surface area contributed by atoms with Crippen molar-refractivity contribution in [2.24, 2.45) is 5.92 Å². The van der Waals surface area contributed by atoms with Gasteiger partial charge in [0.25, 0.3) is 0 Å². The predicted molar refractivity (Wildman–Crippen MR) is 93.0 cm³/mol. The van der Waals surface area contributed by atoms with Gasteiger partial charge in [-0.05, 0) is 37.3 Å². The van der Waals surface area contributed by atoms with Gasteiger partial charge in [-0.25, -0.2) is 9.59 Å². The highest BCUT2D eigenvalue weighted by molar-refractivity contribution is 5.81. The third kappa shape index (κ3) is 8.02. The monoisotopic (exact) mass is 418 g/mol. The number of aliphatic hydroxyl groups is 1. The van der Waals surface area contributed by atoms with E-state index in [1.807, 2.05) is 0 Å². The summed E-state index contributed by atoms with van der Waals surface area (Å²) in [6.45, 7) is 2.89. The summed E-state index contributed by atoms with van der Waals surface area (Å²) in [7, 11) is 0. The van der Waals surface area contributed by atoms with Crippen LogP contribution >= 0.6 is 0 Å². The number of ether oxygens (including phenoxy) is 4. The first kappa shape index (κ1) is 22.5. The molecule has 0 aromatic heterocycles. The second-order valence-corrected chi connectivity index (χ2v) is 6.42. The number of alkyl halides is 3. The molecule has 3 atom stereocenters. The van der Waals surface area contributed by atoms with Crippen molar-refractivity contribution in [3.8, 4) is 11.5 Å². The summed E-state index contributed by atoms with van der Waals surface area (Å²) in [6.07, 6.45) is -4.21.